The number of hydrogen-bond donors (Lipinski definition) is 1. The number of carbonyl (C=O) groups excluding carboxylic acids is 1. The topological polar surface area (TPSA) is 58.1 Å². The molecule has 0 bridgehead atoms. The highest BCUT2D eigenvalue weighted by molar-refractivity contribution is 7.13. The van der Waals surface area contributed by atoms with Gasteiger partial charge in [0.15, 0.2) is 0 Å². The molecule has 1 aliphatic heterocycles. The highest BCUT2D eigenvalue weighted by atomic mass is 32.1. The monoisotopic (exact) mass is 350 g/mol. The summed E-state index contributed by atoms with van der Waals surface area (Å²) >= 11 is 3.09. The molecule has 3 rings (SSSR count). The van der Waals surface area contributed by atoms with Crippen molar-refractivity contribution in [3.63, 3.8) is 0 Å². The minimum absolute atomic E-state index is 0.123. The number of rotatable bonds is 5. The third kappa shape index (κ3) is 4.16. The molecule has 1 unspecified atom stereocenters. The second-order valence-electron chi connectivity index (χ2n) is 6.09. The van der Waals surface area contributed by atoms with Crippen LogP contribution in [-0.4, -0.2) is 40.6 Å². The molecule has 2 aromatic heterocycles. The molecule has 124 valence electrons. The average molecular weight is 351 g/mol. The largest absolute Gasteiger partial charge is 0.348 e. The summed E-state index contributed by atoms with van der Waals surface area (Å²) in [6.07, 6.45) is 2.46. The van der Waals surface area contributed by atoms with Gasteiger partial charge >= 0.3 is 0 Å². The summed E-state index contributed by atoms with van der Waals surface area (Å²) in [6, 6.07) is 4.49. The van der Waals surface area contributed by atoms with E-state index in [4.69, 9.17) is 0 Å². The van der Waals surface area contributed by atoms with Crippen LogP contribution in [0.5, 0.6) is 0 Å². The SMILES string of the molecule is Cc1nnc(C(=O)NCC(c2cccs2)N2CCC(C)CC2)s1. The van der Waals surface area contributed by atoms with Crippen molar-refractivity contribution in [1.82, 2.24) is 20.4 Å². The van der Waals surface area contributed by atoms with Crippen LogP contribution >= 0.6 is 22.7 Å². The van der Waals surface area contributed by atoms with Gasteiger partial charge in [0.25, 0.3) is 5.91 Å². The fourth-order valence-electron chi connectivity index (χ4n) is 2.88. The van der Waals surface area contributed by atoms with Gasteiger partial charge in [0.2, 0.25) is 5.01 Å². The Hall–Kier alpha value is -1.31. The zero-order chi connectivity index (χ0) is 16.2. The highest BCUT2D eigenvalue weighted by Gasteiger charge is 2.26. The van der Waals surface area contributed by atoms with Crippen LogP contribution in [0.15, 0.2) is 17.5 Å². The standard InChI is InChI=1S/C16H22N4OS2/c1-11-5-7-20(8-6-11)13(14-4-3-9-22-14)10-17-15(21)16-19-18-12(2)23-16/h3-4,9,11,13H,5-8,10H2,1-2H3,(H,17,21). The Morgan fingerprint density at radius 2 is 2.22 bits per heavy atom. The zero-order valence-corrected chi connectivity index (χ0v) is 15.1. The van der Waals surface area contributed by atoms with Gasteiger partial charge in [-0.25, -0.2) is 0 Å². The van der Waals surface area contributed by atoms with Crippen LogP contribution in [0.25, 0.3) is 0 Å². The molecule has 7 heteroatoms. The van der Waals surface area contributed by atoms with Gasteiger partial charge in [-0.15, -0.1) is 21.5 Å². The zero-order valence-electron chi connectivity index (χ0n) is 13.5. The van der Waals surface area contributed by atoms with Crippen molar-refractivity contribution < 1.29 is 4.79 Å². The lowest BCUT2D eigenvalue weighted by Crippen LogP contribution is -2.41. The van der Waals surface area contributed by atoms with Crippen LogP contribution in [0.1, 0.15) is 45.5 Å². The molecule has 1 atom stereocenters. The minimum atomic E-state index is -0.123. The number of carbonyl (C=O) groups is 1. The van der Waals surface area contributed by atoms with E-state index in [-0.39, 0.29) is 11.9 Å². The third-order valence-electron chi connectivity index (χ3n) is 4.31. The molecule has 1 aliphatic rings. The smallest absolute Gasteiger partial charge is 0.282 e. The Kier molecular flexibility index (Phi) is 5.40. The first kappa shape index (κ1) is 16.5. The third-order valence-corrected chi connectivity index (χ3v) is 6.12. The Balaban J connectivity index is 1.66. The molecule has 0 aromatic carbocycles. The maximum atomic E-state index is 12.2. The lowest BCUT2D eigenvalue weighted by Gasteiger charge is -2.36. The fraction of sp³-hybridized carbons (Fsp3) is 0.562. The van der Waals surface area contributed by atoms with E-state index in [9.17, 15) is 4.79 Å². The Morgan fingerprint density at radius 1 is 1.43 bits per heavy atom. The van der Waals surface area contributed by atoms with Gasteiger partial charge < -0.3 is 5.32 Å². The summed E-state index contributed by atoms with van der Waals surface area (Å²) in [5.74, 6) is 0.678. The van der Waals surface area contributed by atoms with Gasteiger partial charge in [-0.3, -0.25) is 9.69 Å². The van der Waals surface area contributed by atoms with Gasteiger partial charge in [-0.1, -0.05) is 24.3 Å². The molecule has 1 fully saturated rings. The van der Waals surface area contributed by atoms with Crippen LogP contribution in [-0.2, 0) is 0 Å². The Bertz CT molecular complexity index is 632. The highest BCUT2D eigenvalue weighted by Crippen LogP contribution is 2.29. The summed E-state index contributed by atoms with van der Waals surface area (Å²) < 4.78 is 0. The predicted molar refractivity (Wildman–Crippen MR) is 94.0 cm³/mol. The molecule has 0 saturated carbocycles. The van der Waals surface area contributed by atoms with Crippen molar-refractivity contribution in [2.45, 2.75) is 32.7 Å². The number of amides is 1. The summed E-state index contributed by atoms with van der Waals surface area (Å²) in [6.45, 7) is 6.98. The number of likely N-dealkylation sites (tertiary alicyclic amines) is 1. The van der Waals surface area contributed by atoms with Crippen molar-refractivity contribution in [1.29, 1.82) is 0 Å². The van der Waals surface area contributed by atoms with Crippen molar-refractivity contribution >= 4 is 28.6 Å². The van der Waals surface area contributed by atoms with Gasteiger partial charge in [0.1, 0.15) is 5.01 Å². The number of nitrogens with one attached hydrogen (secondary N) is 1. The number of piperidine rings is 1. The van der Waals surface area contributed by atoms with E-state index >= 15 is 0 Å². The summed E-state index contributed by atoms with van der Waals surface area (Å²) in [7, 11) is 0. The molecule has 1 saturated heterocycles. The summed E-state index contributed by atoms with van der Waals surface area (Å²) in [5.41, 5.74) is 0. The second kappa shape index (κ2) is 7.51. The molecular formula is C16H22N4OS2. The van der Waals surface area contributed by atoms with Crippen LogP contribution in [0.3, 0.4) is 0 Å². The van der Waals surface area contributed by atoms with E-state index in [2.05, 4.69) is 44.9 Å². The number of aromatic nitrogens is 2. The van der Waals surface area contributed by atoms with Crippen LogP contribution in [0, 0.1) is 12.8 Å². The number of thiophene rings is 1. The normalized spacial score (nSPS) is 18.0. The lowest BCUT2D eigenvalue weighted by atomic mass is 9.97. The maximum absolute atomic E-state index is 12.2. The van der Waals surface area contributed by atoms with E-state index in [0.29, 0.717) is 11.6 Å². The molecule has 0 aliphatic carbocycles. The number of nitrogens with zero attached hydrogens (tertiary/aromatic N) is 3. The summed E-state index contributed by atoms with van der Waals surface area (Å²) in [4.78, 5) is 16.1. The van der Waals surface area contributed by atoms with Crippen LogP contribution in [0.4, 0.5) is 0 Å². The molecule has 0 radical (unpaired) electrons. The van der Waals surface area contributed by atoms with Crippen molar-refractivity contribution in [2.24, 2.45) is 5.92 Å². The number of hydrogen-bond acceptors (Lipinski definition) is 6. The first-order valence-electron chi connectivity index (χ1n) is 7.99. The molecule has 2 aromatic rings. The quantitative estimate of drug-likeness (QED) is 0.900. The first-order chi connectivity index (χ1) is 11.1. The van der Waals surface area contributed by atoms with Crippen LogP contribution in [0.2, 0.25) is 0 Å². The molecule has 1 amide bonds. The first-order valence-corrected chi connectivity index (χ1v) is 9.69. The lowest BCUT2D eigenvalue weighted by molar-refractivity contribution is 0.0914. The average Bonchev–Trinajstić information content (AvgIpc) is 3.21. The van der Waals surface area contributed by atoms with Crippen molar-refractivity contribution in [2.75, 3.05) is 19.6 Å². The van der Waals surface area contributed by atoms with E-state index in [1.807, 2.05) is 6.92 Å². The van der Waals surface area contributed by atoms with E-state index in [1.165, 1.54) is 29.1 Å². The van der Waals surface area contributed by atoms with Gasteiger partial charge in [-0.05, 0) is 50.2 Å². The predicted octanol–water partition coefficient (Wildman–Crippen LogP) is 3.11. The molecule has 5 nitrogen and oxygen atoms in total. The Labute approximate surface area is 144 Å². The number of aryl methyl sites for hydroxylation is 1. The van der Waals surface area contributed by atoms with Crippen molar-refractivity contribution in [3.05, 3.63) is 32.4 Å². The van der Waals surface area contributed by atoms with E-state index < -0.39 is 0 Å². The van der Waals surface area contributed by atoms with E-state index in [1.54, 1.807) is 11.3 Å². The summed E-state index contributed by atoms with van der Waals surface area (Å²) in [5, 5.41) is 14.2. The van der Waals surface area contributed by atoms with E-state index in [0.717, 1.165) is 24.0 Å². The molecule has 0 spiro atoms. The van der Waals surface area contributed by atoms with Crippen molar-refractivity contribution in [3.8, 4) is 0 Å². The van der Waals surface area contributed by atoms with Gasteiger partial charge in [0.05, 0.1) is 6.04 Å². The molecule has 1 N–H and O–H groups in total. The fourth-order valence-corrected chi connectivity index (χ4v) is 4.35. The van der Waals surface area contributed by atoms with Gasteiger partial charge in [0, 0.05) is 11.4 Å². The van der Waals surface area contributed by atoms with Crippen LogP contribution < -0.4 is 5.32 Å². The van der Waals surface area contributed by atoms with Gasteiger partial charge in [-0.2, -0.15) is 0 Å². The molecule has 3 heterocycles. The maximum Gasteiger partial charge on any atom is 0.282 e. The Morgan fingerprint density at radius 3 is 2.83 bits per heavy atom. The minimum Gasteiger partial charge on any atom is -0.348 e. The second-order valence-corrected chi connectivity index (χ2v) is 8.25. The molecular weight excluding hydrogens is 328 g/mol. The molecule has 23 heavy (non-hydrogen) atoms.